The van der Waals surface area contributed by atoms with Gasteiger partial charge in [-0.15, -0.1) is 11.3 Å². The van der Waals surface area contributed by atoms with Crippen LogP contribution in [0.5, 0.6) is 5.75 Å². The average Bonchev–Trinajstić information content (AvgIpc) is 3.10. The Balaban J connectivity index is 1.55. The number of nitrogens with zero attached hydrogens (tertiary/aromatic N) is 1. The van der Waals surface area contributed by atoms with Crippen molar-refractivity contribution in [3.8, 4) is 5.75 Å². The maximum atomic E-state index is 12.5. The molecule has 0 atom stereocenters. The van der Waals surface area contributed by atoms with E-state index in [4.69, 9.17) is 4.74 Å². The topological polar surface area (TPSA) is 55.7 Å². The number of carbonyl (C=O) groups is 1. The van der Waals surface area contributed by atoms with Gasteiger partial charge in [0.15, 0.2) is 0 Å². The van der Waals surface area contributed by atoms with Gasteiger partial charge in [-0.25, -0.2) is 4.98 Å². The molecule has 0 fully saturated rings. The first-order chi connectivity index (χ1) is 13.5. The lowest BCUT2D eigenvalue weighted by Gasteiger charge is -2.13. The first-order valence-electron chi connectivity index (χ1n) is 9.29. The van der Waals surface area contributed by atoms with E-state index in [1.54, 1.807) is 23.5 Å². The monoisotopic (exact) mass is 396 g/mol. The van der Waals surface area contributed by atoms with Gasteiger partial charge in [-0.3, -0.25) is 4.79 Å². The second-order valence-corrected chi connectivity index (χ2v) is 8.07. The van der Waals surface area contributed by atoms with Crippen molar-refractivity contribution in [3.05, 3.63) is 81.3 Å². The van der Waals surface area contributed by atoms with Crippen LogP contribution in [-0.4, -0.2) is 25.0 Å². The van der Waals surface area contributed by atoms with E-state index in [0.29, 0.717) is 18.7 Å². The molecule has 0 aliphatic rings. The summed E-state index contributed by atoms with van der Waals surface area (Å²) in [6.45, 7) is 3.85. The number of aryl methyl sites for hydroxylation is 1. The van der Waals surface area contributed by atoms with Crippen LogP contribution in [-0.2, 0) is 19.7 Å². The summed E-state index contributed by atoms with van der Waals surface area (Å²) in [5, 5.41) is 6.03. The van der Waals surface area contributed by atoms with E-state index in [1.165, 1.54) is 10.5 Å². The van der Waals surface area contributed by atoms with Gasteiger partial charge in [0, 0.05) is 23.1 Å². The standard InChI is InChI=1S/C22H25N3O2S/c1-16-24-20(15-28-16)14-27-21-10-8-17(9-11-21)22(26)23-12-18-6-4-5-7-19(18)13-25(2)3/h4-11,15H,12-14H2,1-3H3,(H,23,26)/p+1. The molecule has 0 bridgehead atoms. The molecule has 5 nitrogen and oxygen atoms in total. The van der Waals surface area contributed by atoms with Gasteiger partial charge in [-0.05, 0) is 36.8 Å². The fourth-order valence-electron chi connectivity index (χ4n) is 2.90. The van der Waals surface area contributed by atoms with E-state index >= 15 is 0 Å². The van der Waals surface area contributed by atoms with E-state index in [0.717, 1.165) is 28.6 Å². The highest BCUT2D eigenvalue weighted by Gasteiger charge is 2.09. The van der Waals surface area contributed by atoms with Gasteiger partial charge in [0.05, 0.1) is 24.8 Å². The first kappa shape index (κ1) is 20.0. The molecule has 28 heavy (non-hydrogen) atoms. The quantitative estimate of drug-likeness (QED) is 0.615. The van der Waals surface area contributed by atoms with Crippen LogP contribution in [0.4, 0.5) is 0 Å². The predicted octanol–water partition coefficient (Wildman–Crippen LogP) is 2.61. The lowest BCUT2D eigenvalue weighted by molar-refractivity contribution is -0.872. The highest BCUT2D eigenvalue weighted by atomic mass is 32.1. The van der Waals surface area contributed by atoms with Crippen molar-refractivity contribution in [2.45, 2.75) is 26.6 Å². The molecule has 2 aromatic carbocycles. The molecule has 0 spiro atoms. The lowest BCUT2D eigenvalue weighted by Crippen LogP contribution is -3.04. The Bertz CT molecular complexity index is 920. The number of rotatable bonds is 8. The van der Waals surface area contributed by atoms with Crippen LogP contribution in [0.1, 0.15) is 32.2 Å². The molecule has 146 valence electrons. The molecule has 0 aliphatic carbocycles. The van der Waals surface area contributed by atoms with E-state index in [-0.39, 0.29) is 5.91 Å². The molecular formula is C22H26N3O2S+. The van der Waals surface area contributed by atoms with Gasteiger partial charge in [0.1, 0.15) is 18.9 Å². The minimum atomic E-state index is -0.0892. The smallest absolute Gasteiger partial charge is 0.251 e. The van der Waals surface area contributed by atoms with Crippen LogP contribution in [0.15, 0.2) is 53.9 Å². The SMILES string of the molecule is Cc1nc(COc2ccc(C(=O)NCc3ccccc3C[NH+](C)C)cc2)cs1. The van der Waals surface area contributed by atoms with Gasteiger partial charge in [-0.1, -0.05) is 24.3 Å². The Labute approximate surface area is 170 Å². The molecule has 0 saturated carbocycles. The fraction of sp³-hybridized carbons (Fsp3) is 0.273. The summed E-state index contributed by atoms with van der Waals surface area (Å²) in [6.07, 6.45) is 0. The predicted molar refractivity (Wildman–Crippen MR) is 112 cm³/mol. The zero-order valence-electron chi connectivity index (χ0n) is 16.5. The maximum absolute atomic E-state index is 12.5. The molecule has 0 radical (unpaired) electrons. The second-order valence-electron chi connectivity index (χ2n) is 7.01. The van der Waals surface area contributed by atoms with Crippen LogP contribution in [0.25, 0.3) is 0 Å². The molecule has 1 aromatic heterocycles. The third kappa shape index (κ3) is 5.65. The highest BCUT2D eigenvalue weighted by molar-refractivity contribution is 7.09. The highest BCUT2D eigenvalue weighted by Crippen LogP contribution is 2.16. The minimum absolute atomic E-state index is 0.0892. The zero-order chi connectivity index (χ0) is 19.9. The van der Waals surface area contributed by atoms with Gasteiger partial charge < -0.3 is 15.0 Å². The van der Waals surface area contributed by atoms with Crippen molar-refractivity contribution in [3.63, 3.8) is 0 Å². The average molecular weight is 397 g/mol. The van der Waals surface area contributed by atoms with Crippen LogP contribution in [0.2, 0.25) is 0 Å². The van der Waals surface area contributed by atoms with Crippen molar-refractivity contribution < 1.29 is 14.4 Å². The number of carbonyl (C=O) groups excluding carboxylic acids is 1. The van der Waals surface area contributed by atoms with Crippen molar-refractivity contribution in [1.29, 1.82) is 0 Å². The van der Waals surface area contributed by atoms with Gasteiger partial charge in [-0.2, -0.15) is 0 Å². The van der Waals surface area contributed by atoms with Crippen molar-refractivity contribution >= 4 is 17.2 Å². The molecule has 2 N–H and O–H groups in total. The summed E-state index contributed by atoms with van der Waals surface area (Å²) in [4.78, 5) is 18.2. The number of thiazole rings is 1. The number of nitrogens with one attached hydrogen (secondary N) is 2. The van der Waals surface area contributed by atoms with Crippen molar-refractivity contribution in [2.24, 2.45) is 0 Å². The molecule has 0 aliphatic heterocycles. The second kappa shape index (κ2) is 9.48. The van der Waals surface area contributed by atoms with E-state index < -0.39 is 0 Å². The lowest BCUT2D eigenvalue weighted by atomic mass is 10.1. The molecule has 1 amide bonds. The first-order valence-corrected chi connectivity index (χ1v) is 10.2. The van der Waals surface area contributed by atoms with Crippen LogP contribution in [0.3, 0.4) is 0 Å². The summed E-state index contributed by atoms with van der Waals surface area (Å²) in [5.74, 6) is 0.634. The zero-order valence-corrected chi connectivity index (χ0v) is 17.3. The van der Waals surface area contributed by atoms with Crippen LogP contribution in [0, 0.1) is 6.92 Å². The number of amides is 1. The third-order valence-corrected chi connectivity index (χ3v) is 5.09. The van der Waals surface area contributed by atoms with Crippen molar-refractivity contribution in [2.75, 3.05) is 14.1 Å². The maximum Gasteiger partial charge on any atom is 0.251 e. The largest absolute Gasteiger partial charge is 0.487 e. The summed E-state index contributed by atoms with van der Waals surface area (Å²) >= 11 is 1.61. The molecule has 0 unspecified atom stereocenters. The molecule has 6 heteroatoms. The van der Waals surface area contributed by atoms with Gasteiger partial charge in [0.2, 0.25) is 0 Å². The Morgan fingerprint density at radius 3 is 2.46 bits per heavy atom. The summed E-state index contributed by atoms with van der Waals surface area (Å²) < 4.78 is 5.73. The van der Waals surface area contributed by atoms with Crippen molar-refractivity contribution in [1.82, 2.24) is 10.3 Å². The molecule has 3 aromatic rings. The molecular weight excluding hydrogens is 370 g/mol. The van der Waals surface area contributed by atoms with Crippen LogP contribution >= 0.6 is 11.3 Å². The number of ether oxygens (including phenoxy) is 1. The number of quaternary nitrogens is 1. The van der Waals surface area contributed by atoms with E-state index in [9.17, 15) is 4.79 Å². The number of hydrogen-bond donors (Lipinski definition) is 2. The Morgan fingerprint density at radius 2 is 1.82 bits per heavy atom. The van der Waals surface area contributed by atoms with E-state index in [2.05, 4.69) is 36.5 Å². The number of aromatic nitrogens is 1. The normalized spacial score (nSPS) is 10.9. The molecule has 1 heterocycles. The Kier molecular flexibility index (Phi) is 6.79. The Hall–Kier alpha value is -2.70. The minimum Gasteiger partial charge on any atom is -0.487 e. The fourth-order valence-corrected chi connectivity index (χ4v) is 3.49. The molecule has 3 rings (SSSR count). The van der Waals surface area contributed by atoms with Gasteiger partial charge >= 0.3 is 0 Å². The van der Waals surface area contributed by atoms with Gasteiger partial charge in [0.25, 0.3) is 5.91 Å². The van der Waals surface area contributed by atoms with Crippen LogP contribution < -0.4 is 15.0 Å². The molecule has 0 saturated heterocycles. The number of hydrogen-bond acceptors (Lipinski definition) is 4. The third-order valence-electron chi connectivity index (χ3n) is 4.27. The summed E-state index contributed by atoms with van der Waals surface area (Å²) in [5.41, 5.74) is 3.94. The summed E-state index contributed by atoms with van der Waals surface area (Å²) in [6, 6.07) is 15.4. The Morgan fingerprint density at radius 1 is 1.11 bits per heavy atom. The number of benzene rings is 2. The van der Waals surface area contributed by atoms with E-state index in [1.807, 2.05) is 36.6 Å². The summed E-state index contributed by atoms with van der Waals surface area (Å²) in [7, 11) is 4.24.